The molecule has 2 rings (SSSR count). The first kappa shape index (κ1) is 11.7. The molecular formula is C14H16N2O. The molecule has 0 saturated carbocycles. The van der Waals surface area contributed by atoms with Gasteiger partial charge in [-0.05, 0) is 17.5 Å². The highest BCUT2D eigenvalue weighted by atomic mass is 16.3. The van der Waals surface area contributed by atoms with E-state index in [0.717, 1.165) is 12.0 Å². The maximum absolute atomic E-state index is 10.00. The number of aliphatic hydroxyl groups excluding tert-OH is 1. The van der Waals surface area contributed by atoms with Crippen LogP contribution in [0.2, 0.25) is 0 Å². The fourth-order valence-electron chi connectivity index (χ4n) is 1.72. The lowest BCUT2D eigenvalue weighted by molar-refractivity contribution is 0.173. The minimum absolute atomic E-state index is 0.572. The largest absolute Gasteiger partial charge is 0.386 e. The molecule has 0 aliphatic carbocycles. The van der Waals surface area contributed by atoms with Gasteiger partial charge in [-0.25, -0.2) is 0 Å². The van der Waals surface area contributed by atoms with Crippen molar-refractivity contribution in [3.05, 3.63) is 59.7 Å². The highest BCUT2D eigenvalue weighted by Gasteiger charge is 2.09. The van der Waals surface area contributed by atoms with Crippen LogP contribution in [0.4, 0.5) is 0 Å². The summed E-state index contributed by atoms with van der Waals surface area (Å²) in [6.07, 6.45) is 5.82. The Labute approximate surface area is 101 Å². The van der Waals surface area contributed by atoms with Crippen molar-refractivity contribution in [2.45, 2.75) is 25.9 Å². The summed E-state index contributed by atoms with van der Waals surface area (Å²) in [6, 6.07) is 8.30. The summed E-state index contributed by atoms with van der Waals surface area (Å²) in [7, 11) is 0. The molecule has 1 atom stereocenters. The van der Waals surface area contributed by atoms with E-state index in [1.165, 1.54) is 5.56 Å². The SMILES string of the molecule is CCc1ccc(CC(O)c2cnccn2)cc1. The lowest BCUT2D eigenvalue weighted by Crippen LogP contribution is -2.04. The van der Waals surface area contributed by atoms with Gasteiger partial charge < -0.3 is 5.11 Å². The molecule has 0 spiro atoms. The van der Waals surface area contributed by atoms with Gasteiger partial charge in [0.1, 0.15) is 6.10 Å². The number of hydrogen-bond acceptors (Lipinski definition) is 3. The smallest absolute Gasteiger partial charge is 0.102 e. The summed E-state index contributed by atoms with van der Waals surface area (Å²) in [4.78, 5) is 8.05. The molecule has 2 aromatic rings. The summed E-state index contributed by atoms with van der Waals surface area (Å²) in [5.41, 5.74) is 3.04. The first-order chi connectivity index (χ1) is 8.29. The molecule has 0 aliphatic heterocycles. The molecule has 0 fully saturated rings. The van der Waals surface area contributed by atoms with Gasteiger partial charge in [0, 0.05) is 18.8 Å². The zero-order chi connectivity index (χ0) is 12.1. The summed E-state index contributed by atoms with van der Waals surface area (Å²) < 4.78 is 0. The van der Waals surface area contributed by atoms with Crippen LogP contribution in [0, 0.1) is 0 Å². The second kappa shape index (κ2) is 5.55. The zero-order valence-corrected chi connectivity index (χ0v) is 9.87. The van der Waals surface area contributed by atoms with Gasteiger partial charge >= 0.3 is 0 Å². The third kappa shape index (κ3) is 3.11. The Hall–Kier alpha value is -1.74. The monoisotopic (exact) mass is 228 g/mol. The first-order valence-electron chi connectivity index (χ1n) is 5.81. The van der Waals surface area contributed by atoms with E-state index >= 15 is 0 Å². The number of benzene rings is 1. The highest BCUT2D eigenvalue weighted by Crippen LogP contribution is 2.16. The van der Waals surface area contributed by atoms with E-state index in [2.05, 4.69) is 41.2 Å². The summed E-state index contributed by atoms with van der Waals surface area (Å²) >= 11 is 0. The molecule has 3 nitrogen and oxygen atoms in total. The van der Waals surface area contributed by atoms with Gasteiger partial charge in [0.05, 0.1) is 11.9 Å². The summed E-state index contributed by atoms with van der Waals surface area (Å²) in [5, 5.41) is 10.00. The Kier molecular flexibility index (Phi) is 3.83. The Bertz CT molecular complexity index is 453. The van der Waals surface area contributed by atoms with Crippen molar-refractivity contribution in [2.24, 2.45) is 0 Å². The van der Waals surface area contributed by atoms with Crippen LogP contribution in [0.1, 0.15) is 29.8 Å². The second-order valence-electron chi connectivity index (χ2n) is 4.02. The van der Waals surface area contributed by atoms with Crippen LogP contribution in [0.15, 0.2) is 42.9 Å². The molecule has 1 heterocycles. The van der Waals surface area contributed by atoms with Crippen LogP contribution in [0.5, 0.6) is 0 Å². The number of aryl methyl sites for hydroxylation is 1. The Balaban J connectivity index is 2.05. The van der Waals surface area contributed by atoms with E-state index in [4.69, 9.17) is 0 Å². The van der Waals surface area contributed by atoms with E-state index in [1.54, 1.807) is 18.6 Å². The molecule has 0 saturated heterocycles. The maximum Gasteiger partial charge on any atom is 0.102 e. The van der Waals surface area contributed by atoms with Crippen LogP contribution in [0.25, 0.3) is 0 Å². The number of aromatic nitrogens is 2. The lowest BCUT2D eigenvalue weighted by atomic mass is 10.0. The molecule has 0 aliphatic rings. The van der Waals surface area contributed by atoms with E-state index in [-0.39, 0.29) is 0 Å². The molecule has 3 heteroatoms. The molecule has 0 amide bonds. The van der Waals surface area contributed by atoms with Crippen LogP contribution in [0.3, 0.4) is 0 Å². The average molecular weight is 228 g/mol. The van der Waals surface area contributed by atoms with Crippen molar-refractivity contribution in [3.8, 4) is 0 Å². The number of nitrogens with zero attached hydrogens (tertiary/aromatic N) is 2. The summed E-state index contributed by atoms with van der Waals surface area (Å²) in [6.45, 7) is 2.13. The van der Waals surface area contributed by atoms with E-state index in [9.17, 15) is 5.11 Å². The third-order valence-corrected chi connectivity index (χ3v) is 2.78. The lowest BCUT2D eigenvalue weighted by Gasteiger charge is -2.09. The molecule has 1 aromatic heterocycles. The quantitative estimate of drug-likeness (QED) is 0.873. The number of aliphatic hydroxyl groups is 1. The molecule has 88 valence electrons. The Morgan fingerprint density at radius 1 is 1.12 bits per heavy atom. The Morgan fingerprint density at radius 2 is 1.82 bits per heavy atom. The van der Waals surface area contributed by atoms with Gasteiger partial charge in [0.15, 0.2) is 0 Å². The van der Waals surface area contributed by atoms with Crippen molar-refractivity contribution in [1.29, 1.82) is 0 Å². The van der Waals surface area contributed by atoms with Gasteiger partial charge in [-0.3, -0.25) is 9.97 Å². The van der Waals surface area contributed by atoms with Crippen molar-refractivity contribution >= 4 is 0 Å². The fraction of sp³-hybridized carbons (Fsp3) is 0.286. The van der Waals surface area contributed by atoms with Gasteiger partial charge in [0.25, 0.3) is 0 Å². The molecule has 1 aromatic carbocycles. The van der Waals surface area contributed by atoms with Gasteiger partial charge in [-0.15, -0.1) is 0 Å². The number of hydrogen-bond donors (Lipinski definition) is 1. The average Bonchev–Trinajstić information content (AvgIpc) is 2.40. The minimum Gasteiger partial charge on any atom is -0.386 e. The van der Waals surface area contributed by atoms with Crippen molar-refractivity contribution in [3.63, 3.8) is 0 Å². The first-order valence-corrected chi connectivity index (χ1v) is 5.81. The molecule has 1 N–H and O–H groups in total. The zero-order valence-electron chi connectivity index (χ0n) is 9.87. The third-order valence-electron chi connectivity index (χ3n) is 2.78. The molecule has 1 unspecified atom stereocenters. The van der Waals surface area contributed by atoms with Crippen molar-refractivity contribution in [2.75, 3.05) is 0 Å². The van der Waals surface area contributed by atoms with E-state index in [1.807, 2.05) is 0 Å². The molecule has 0 bridgehead atoms. The normalized spacial score (nSPS) is 12.4. The van der Waals surface area contributed by atoms with E-state index < -0.39 is 6.10 Å². The predicted octanol–water partition coefficient (Wildman–Crippen LogP) is 2.32. The van der Waals surface area contributed by atoms with Crippen molar-refractivity contribution in [1.82, 2.24) is 9.97 Å². The van der Waals surface area contributed by atoms with Crippen LogP contribution in [-0.4, -0.2) is 15.1 Å². The highest BCUT2D eigenvalue weighted by molar-refractivity contribution is 5.23. The van der Waals surface area contributed by atoms with Crippen molar-refractivity contribution < 1.29 is 5.11 Å². The fourth-order valence-corrected chi connectivity index (χ4v) is 1.72. The Morgan fingerprint density at radius 3 is 2.41 bits per heavy atom. The molecule has 0 radical (unpaired) electrons. The minimum atomic E-state index is -0.587. The standard InChI is InChI=1S/C14H16N2O/c1-2-11-3-5-12(6-4-11)9-14(17)13-10-15-7-8-16-13/h3-8,10,14,17H,2,9H2,1H3. The predicted molar refractivity (Wildman–Crippen MR) is 66.5 cm³/mol. The van der Waals surface area contributed by atoms with Gasteiger partial charge in [-0.1, -0.05) is 31.2 Å². The van der Waals surface area contributed by atoms with Gasteiger partial charge in [0.2, 0.25) is 0 Å². The van der Waals surface area contributed by atoms with Gasteiger partial charge in [-0.2, -0.15) is 0 Å². The van der Waals surface area contributed by atoms with Crippen LogP contribution in [-0.2, 0) is 12.8 Å². The topological polar surface area (TPSA) is 46.0 Å². The second-order valence-corrected chi connectivity index (χ2v) is 4.02. The van der Waals surface area contributed by atoms with Crippen LogP contribution < -0.4 is 0 Å². The van der Waals surface area contributed by atoms with E-state index in [0.29, 0.717) is 12.1 Å². The number of rotatable bonds is 4. The maximum atomic E-state index is 10.00. The molecular weight excluding hydrogens is 212 g/mol. The van der Waals surface area contributed by atoms with Crippen LogP contribution >= 0.6 is 0 Å². The summed E-state index contributed by atoms with van der Waals surface area (Å²) in [5.74, 6) is 0. The molecule has 17 heavy (non-hydrogen) atoms.